The van der Waals surface area contributed by atoms with Gasteiger partial charge in [-0.2, -0.15) is 0 Å². The lowest BCUT2D eigenvalue weighted by Crippen LogP contribution is -2.22. The molecule has 1 N–H and O–H groups in total. The van der Waals surface area contributed by atoms with Crippen LogP contribution in [0.4, 0.5) is 0 Å². The van der Waals surface area contributed by atoms with Crippen LogP contribution in [-0.2, 0) is 6.54 Å². The summed E-state index contributed by atoms with van der Waals surface area (Å²) < 4.78 is 0. The van der Waals surface area contributed by atoms with E-state index >= 15 is 0 Å². The lowest BCUT2D eigenvalue weighted by molar-refractivity contribution is 0.0951. The molecule has 1 aromatic heterocycles. The fourth-order valence-electron chi connectivity index (χ4n) is 1.55. The van der Waals surface area contributed by atoms with Crippen LogP contribution in [0.2, 0.25) is 0 Å². The summed E-state index contributed by atoms with van der Waals surface area (Å²) in [5.74, 6) is -0.0159. The molecule has 0 saturated heterocycles. The highest BCUT2D eigenvalue weighted by molar-refractivity contribution is 7.10. The molecule has 0 aliphatic carbocycles. The third kappa shape index (κ3) is 2.94. The lowest BCUT2D eigenvalue weighted by atomic mass is 10.1. The van der Waals surface area contributed by atoms with Gasteiger partial charge in [0.25, 0.3) is 5.91 Å². The third-order valence-corrected chi connectivity index (χ3v) is 3.71. The minimum atomic E-state index is -0.0159. The first kappa shape index (κ1) is 11.9. The fourth-order valence-corrected chi connectivity index (χ4v) is 2.40. The maximum Gasteiger partial charge on any atom is 0.251 e. The van der Waals surface area contributed by atoms with Crippen molar-refractivity contribution in [1.29, 1.82) is 0 Å². The van der Waals surface area contributed by atoms with Gasteiger partial charge in [0.05, 0.1) is 6.54 Å². The van der Waals surface area contributed by atoms with Crippen molar-refractivity contribution in [3.8, 4) is 0 Å². The van der Waals surface area contributed by atoms with Crippen LogP contribution in [0.1, 0.15) is 26.4 Å². The molecule has 2 aromatic rings. The molecular formula is C14H15NOS. The van der Waals surface area contributed by atoms with Gasteiger partial charge in [0.1, 0.15) is 0 Å². The Labute approximate surface area is 105 Å². The molecule has 3 heteroatoms. The van der Waals surface area contributed by atoms with Crippen LogP contribution in [0.25, 0.3) is 0 Å². The Morgan fingerprint density at radius 2 is 1.88 bits per heavy atom. The molecule has 1 amide bonds. The Hall–Kier alpha value is -1.61. The molecule has 0 unspecified atom stereocenters. The van der Waals surface area contributed by atoms with Crippen LogP contribution < -0.4 is 5.32 Å². The summed E-state index contributed by atoms with van der Waals surface area (Å²) in [4.78, 5) is 13.1. The number of carbonyl (C=O) groups is 1. The van der Waals surface area contributed by atoms with E-state index in [-0.39, 0.29) is 5.91 Å². The number of hydrogen-bond acceptors (Lipinski definition) is 2. The van der Waals surface area contributed by atoms with Crippen molar-refractivity contribution < 1.29 is 4.79 Å². The predicted molar refractivity (Wildman–Crippen MR) is 71.4 cm³/mol. The lowest BCUT2D eigenvalue weighted by Gasteiger charge is -2.05. The zero-order valence-electron chi connectivity index (χ0n) is 9.99. The van der Waals surface area contributed by atoms with Crippen LogP contribution in [0, 0.1) is 13.8 Å². The van der Waals surface area contributed by atoms with Crippen molar-refractivity contribution in [3.05, 3.63) is 57.3 Å². The topological polar surface area (TPSA) is 29.1 Å². The van der Waals surface area contributed by atoms with Crippen LogP contribution in [0.5, 0.6) is 0 Å². The van der Waals surface area contributed by atoms with Crippen LogP contribution in [0.3, 0.4) is 0 Å². The van der Waals surface area contributed by atoms with Gasteiger partial charge in [-0.25, -0.2) is 0 Å². The first-order chi connectivity index (χ1) is 8.16. The second-order valence-electron chi connectivity index (χ2n) is 4.08. The Balaban J connectivity index is 1.98. The van der Waals surface area contributed by atoms with Crippen molar-refractivity contribution in [2.24, 2.45) is 0 Å². The third-order valence-electron chi connectivity index (χ3n) is 2.69. The van der Waals surface area contributed by atoms with Gasteiger partial charge >= 0.3 is 0 Å². The summed E-state index contributed by atoms with van der Waals surface area (Å²) in [6, 6.07) is 9.67. The summed E-state index contributed by atoms with van der Waals surface area (Å²) in [5, 5.41) is 4.98. The average molecular weight is 245 g/mol. The molecule has 1 aromatic carbocycles. The maximum atomic E-state index is 11.9. The van der Waals surface area contributed by atoms with E-state index in [2.05, 4.69) is 18.3 Å². The number of hydrogen-bond donors (Lipinski definition) is 1. The normalized spacial score (nSPS) is 10.2. The quantitative estimate of drug-likeness (QED) is 0.883. The molecule has 1 heterocycles. The molecule has 0 atom stereocenters. The van der Waals surface area contributed by atoms with E-state index < -0.39 is 0 Å². The van der Waals surface area contributed by atoms with E-state index in [0.29, 0.717) is 12.1 Å². The van der Waals surface area contributed by atoms with Crippen molar-refractivity contribution in [2.45, 2.75) is 20.4 Å². The van der Waals surface area contributed by atoms with Gasteiger partial charge in [-0.05, 0) is 43.0 Å². The Bertz CT molecular complexity index is 513. The Morgan fingerprint density at radius 1 is 1.18 bits per heavy atom. The van der Waals surface area contributed by atoms with Gasteiger partial charge in [0.2, 0.25) is 0 Å². The zero-order chi connectivity index (χ0) is 12.3. The molecule has 0 saturated carbocycles. The van der Waals surface area contributed by atoms with Crippen molar-refractivity contribution in [3.63, 3.8) is 0 Å². The molecule has 0 fully saturated rings. The van der Waals surface area contributed by atoms with Crippen molar-refractivity contribution in [2.75, 3.05) is 0 Å². The number of carbonyl (C=O) groups excluding carboxylic acids is 1. The second kappa shape index (κ2) is 5.15. The SMILES string of the molecule is Cc1ccc(C(=O)NCc2sccc2C)cc1. The van der Waals surface area contributed by atoms with Gasteiger partial charge in [-0.3, -0.25) is 4.79 Å². The number of nitrogens with one attached hydrogen (secondary N) is 1. The fraction of sp³-hybridized carbons (Fsp3) is 0.214. The van der Waals surface area contributed by atoms with Gasteiger partial charge in [0.15, 0.2) is 0 Å². The molecule has 2 nitrogen and oxygen atoms in total. The van der Waals surface area contributed by atoms with E-state index in [4.69, 9.17) is 0 Å². The zero-order valence-corrected chi connectivity index (χ0v) is 10.8. The summed E-state index contributed by atoms with van der Waals surface area (Å²) in [6.07, 6.45) is 0. The highest BCUT2D eigenvalue weighted by atomic mass is 32.1. The number of benzene rings is 1. The minimum Gasteiger partial charge on any atom is -0.347 e. The average Bonchev–Trinajstić information content (AvgIpc) is 2.73. The predicted octanol–water partition coefficient (Wildman–Crippen LogP) is 3.29. The molecule has 17 heavy (non-hydrogen) atoms. The minimum absolute atomic E-state index is 0.0159. The number of aryl methyl sites for hydroxylation is 2. The van der Waals surface area contributed by atoms with Crippen LogP contribution >= 0.6 is 11.3 Å². The largest absolute Gasteiger partial charge is 0.347 e. The van der Waals surface area contributed by atoms with Crippen molar-refractivity contribution >= 4 is 17.2 Å². The first-order valence-electron chi connectivity index (χ1n) is 5.54. The van der Waals surface area contributed by atoms with Gasteiger partial charge in [-0.15, -0.1) is 11.3 Å². The first-order valence-corrected chi connectivity index (χ1v) is 6.42. The maximum absolute atomic E-state index is 11.9. The standard InChI is InChI=1S/C14H15NOS/c1-10-3-5-12(6-4-10)14(16)15-9-13-11(2)7-8-17-13/h3-8H,9H2,1-2H3,(H,15,16). The van der Waals surface area contributed by atoms with Gasteiger partial charge < -0.3 is 5.32 Å². The number of rotatable bonds is 3. The number of amides is 1. The van der Waals surface area contributed by atoms with E-state index in [1.807, 2.05) is 36.6 Å². The highest BCUT2D eigenvalue weighted by Gasteiger charge is 2.06. The van der Waals surface area contributed by atoms with Crippen LogP contribution in [-0.4, -0.2) is 5.91 Å². The van der Waals surface area contributed by atoms with E-state index in [0.717, 1.165) is 5.56 Å². The van der Waals surface area contributed by atoms with Gasteiger partial charge in [0, 0.05) is 10.4 Å². The molecule has 0 spiro atoms. The van der Waals surface area contributed by atoms with E-state index in [1.165, 1.54) is 10.4 Å². The summed E-state index contributed by atoms with van der Waals surface area (Å²) >= 11 is 1.67. The molecule has 0 bridgehead atoms. The van der Waals surface area contributed by atoms with E-state index in [9.17, 15) is 4.79 Å². The molecule has 0 aliphatic heterocycles. The number of thiophene rings is 1. The van der Waals surface area contributed by atoms with E-state index in [1.54, 1.807) is 11.3 Å². The Kier molecular flexibility index (Phi) is 3.59. The monoisotopic (exact) mass is 245 g/mol. The Morgan fingerprint density at radius 3 is 2.47 bits per heavy atom. The van der Waals surface area contributed by atoms with Gasteiger partial charge in [-0.1, -0.05) is 17.7 Å². The molecule has 0 radical (unpaired) electrons. The summed E-state index contributed by atoms with van der Waals surface area (Å²) in [5.41, 5.74) is 3.11. The smallest absolute Gasteiger partial charge is 0.251 e. The second-order valence-corrected chi connectivity index (χ2v) is 5.08. The summed E-state index contributed by atoms with van der Waals surface area (Å²) in [7, 11) is 0. The summed E-state index contributed by atoms with van der Waals surface area (Å²) in [6.45, 7) is 4.68. The van der Waals surface area contributed by atoms with Crippen LogP contribution in [0.15, 0.2) is 35.7 Å². The highest BCUT2D eigenvalue weighted by Crippen LogP contribution is 2.15. The molecule has 2 rings (SSSR count). The van der Waals surface area contributed by atoms with Crippen molar-refractivity contribution in [1.82, 2.24) is 5.32 Å². The molecule has 88 valence electrons. The molecule has 0 aliphatic rings. The molecular weight excluding hydrogens is 230 g/mol.